The zero-order valence-corrected chi connectivity index (χ0v) is 11.0. The first kappa shape index (κ1) is 13.4. The van der Waals surface area contributed by atoms with Crippen LogP contribution in [0.25, 0.3) is 0 Å². The molecular weight excluding hydrogens is 274 g/mol. The van der Waals surface area contributed by atoms with Crippen LogP contribution in [0.2, 0.25) is 0 Å². The summed E-state index contributed by atoms with van der Waals surface area (Å²) in [5.74, 6) is -2.18. The van der Waals surface area contributed by atoms with E-state index >= 15 is 0 Å². The lowest BCUT2D eigenvalue weighted by Gasteiger charge is -2.05. The van der Waals surface area contributed by atoms with Gasteiger partial charge in [0.05, 0.1) is 5.69 Å². The van der Waals surface area contributed by atoms with Crippen LogP contribution in [0.5, 0.6) is 0 Å². The molecule has 0 bridgehead atoms. The van der Waals surface area contributed by atoms with E-state index in [1.54, 1.807) is 14.0 Å². The van der Waals surface area contributed by atoms with Crippen LogP contribution in [0.15, 0.2) is 23.0 Å². The molecule has 1 amide bonds. The van der Waals surface area contributed by atoms with E-state index in [0.717, 1.165) is 23.5 Å². The first-order chi connectivity index (χ1) is 8.90. The molecule has 1 aromatic heterocycles. The van der Waals surface area contributed by atoms with Gasteiger partial charge < -0.3 is 9.88 Å². The van der Waals surface area contributed by atoms with E-state index in [0.29, 0.717) is 11.8 Å². The average molecular weight is 284 g/mol. The van der Waals surface area contributed by atoms with Gasteiger partial charge in [0.15, 0.2) is 0 Å². The van der Waals surface area contributed by atoms with E-state index in [9.17, 15) is 18.4 Å². The first-order valence-electron chi connectivity index (χ1n) is 5.33. The summed E-state index contributed by atoms with van der Waals surface area (Å²) in [6, 6.07) is 2.85. The number of halogens is 2. The Kier molecular flexibility index (Phi) is 3.48. The minimum Gasteiger partial charge on any atom is -0.319 e. The molecule has 2 rings (SSSR count). The molecule has 1 heterocycles. The minimum atomic E-state index is -0.866. The van der Waals surface area contributed by atoms with Crippen LogP contribution in [0.4, 0.5) is 14.5 Å². The van der Waals surface area contributed by atoms with Crippen molar-refractivity contribution in [2.75, 3.05) is 5.32 Å². The fourth-order valence-corrected chi connectivity index (χ4v) is 2.38. The van der Waals surface area contributed by atoms with Gasteiger partial charge >= 0.3 is 4.87 Å². The van der Waals surface area contributed by atoms with Crippen LogP contribution in [-0.4, -0.2) is 10.5 Å². The molecule has 0 unspecified atom stereocenters. The monoisotopic (exact) mass is 284 g/mol. The third kappa shape index (κ3) is 2.55. The number of nitrogens with one attached hydrogen (secondary N) is 1. The highest BCUT2D eigenvalue weighted by Gasteiger charge is 2.17. The Morgan fingerprint density at radius 1 is 1.37 bits per heavy atom. The van der Waals surface area contributed by atoms with Gasteiger partial charge in [-0.05, 0) is 19.1 Å². The molecule has 0 fully saturated rings. The van der Waals surface area contributed by atoms with Crippen molar-refractivity contribution in [3.05, 3.63) is 50.1 Å². The van der Waals surface area contributed by atoms with Crippen molar-refractivity contribution in [2.24, 2.45) is 7.05 Å². The van der Waals surface area contributed by atoms with E-state index in [1.807, 2.05) is 0 Å². The third-order valence-electron chi connectivity index (χ3n) is 2.68. The third-order valence-corrected chi connectivity index (χ3v) is 3.81. The molecule has 100 valence electrons. The second-order valence-corrected chi connectivity index (χ2v) is 4.88. The molecule has 0 aliphatic carbocycles. The lowest BCUT2D eigenvalue weighted by Crippen LogP contribution is -2.13. The first-order valence-corrected chi connectivity index (χ1v) is 6.14. The number of nitrogens with zero attached hydrogens (tertiary/aromatic N) is 1. The second-order valence-electron chi connectivity index (χ2n) is 3.92. The summed E-state index contributed by atoms with van der Waals surface area (Å²) in [4.78, 5) is 23.3. The van der Waals surface area contributed by atoms with Gasteiger partial charge in [-0.1, -0.05) is 11.3 Å². The summed E-state index contributed by atoms with van der Waals surface area (Å²) >= 11 is 0.776. The number of hydrogen-bond acceptors (Lipinski definition) is 3. The van der Waals surface area contributed by atoms with Crippen molar-refractivity contribution >= 4 is 22.9 Å². The van der Waals surface area contributed by atoms with Gasteiger partial charge in [-0.2, -0.15) is 0 Å². The Balaban J connectivity index is 2.31. The van der Waals surface area contributed by atoms with E-state index in [1.165, 1.54) is 4.57 Å². The number of amides is 1. The molecule has 0 aliphatic rings. The number of anilines is 1. The van der Waals surface area contributed by atoms with Gasteiger partial charge in [0.2, 0.25) is 0 Å². The summed E-state index contributed by atoms with van der Waals surface area (Å²) in [5.41, 5.74) is 0.365. The molecule has 19 heavy (non-hydrogen) atoms. The fraction of sp³-hybridized carbons (Fsp3) is 0.167. The Morgan fingerprint density at radius 3 is 2.58 bits per heavy atom. The number of hydrogen-bond donors (Lipinski definition) is 1. The second kappa shape index (κ2) is 4.93. The Hall–Kier alpha value is -2.02. The molecule has 0 spiro atoms. The van der Waals surface area contributed by atoms with Gasteiger partial charge in [-0.25, -0.2) is 8.78 Å². The molecule has 1 N–H and O–H groups in total. The molecule has 0 saturated carbocycles. The Bertz CT molecular complexity index is 706. The number of benzene rings is 1. The molecule has 0 saturated heterocycles. The smallest absolute Gasteiger partial charge is 0.307 e. The molecule has 7 heteroatoms. The SMILES string of the molecule is Cc1c(C(=O)Nc2ccc(F)cc2F)sc(=O)n1C. The normalized spacial score (nSPS) is 10.5. The van der Waals surface area contributed by atoms with Gasteiger partial charge in [0, 0.05) is 18.8 Å². The number of carbonyl (C=O) groups is 1. The number of carbonyl (C=O) groups excluding carboxylic acids is 1. The van der Waals surface area contributed by atoms with Crippen molar-refractivity contribution in [3.8, 4) is 0 Å². The highest BCUT2D eigenvalue weighted by Crippen LogP contribution is 2.18. The predicted octanol–water partition coefficient (Wildman–Crippen LogP) is 2.29. The van der Waals surface area contributed by atoms with Crippen LogP contribution < -0.4 is 10.2 Å². The maximum absolute atomic E-state index is 13.4. The fourth-order valence-electron chi connectivity index (χ4n) is 1.50. The van der Waals surface area contributed by atoms with Gasteiger partial charge in [-0.3, -0.25) is 9.59 Å². The van der Waals surface area contributed by atoms with E-state index in [2.05, 4.69) is 5.32 Å². The van der Waals surface area contributed by atoms with Crippen molar-refractivity contribution in [2.45, 2.75) is 6.92 Å². The van der Waals surface area contributed by atoms with Crippen molar-refractivity contribution < 1.29 is 13.6 Å². The van der Waals surface area contributed by atoms with E-state index in [4.69, 9.17) is 0 Å². The van der Waals surface area contributed by atoms with Crippen molar-refractivity contribution in [1.82, 2.24) is 4.57 Å². The molecule has 0 atom stereocenters. The van der Waals surface area contributed by atoms with Gasteiger partial charge in [0.1, 0.15) is 16.5 Å². The largest absolute Gasteiger partial charge is 0.319 e. The van der Waals surface area contributed by atoms with E-state index < -0.39 is 17.5 Å². The van der Waals surface area contributed by atoms with Gasteiger partial charge in [0.25, 0.3) is 5.91 Å². The molecular formula is C12H10F2N2O2S. The standard InChI is InChI=1S/C12H10F2N2O2S/c1-6-10(19-12(18)16(6)2)11(17)15-9-4-3-7(13)5-8(9)14/h3-5H,1-2H3,(H,15,17). The summed E-state index contributed by atoms with van der Waals surface area (Å²) in [6.45, 7) is 1.62. The number of aromatic nitrogens is 1. The highest BCUT2D eigenvalue weighted by molar-refractivity contribution is 7.11. The molecule has 1 aromatic carbocycles. The van der Waals surface area contributed by atoms with Crippen LogP contribution in [0.3, 0.4) is 0 Å². The van der Waals surface area contributed by atoms with Crippen LogP contribution >= 0.6 is 11.3 Å². The lowest BCUT2D eigenvalue weighted by atomic mass is 10.3. The summed E-state index contributed by atoms with van der Waals surface area (Å²) in [6.07, 6.45) is 0. The number of thiazole rings is 1. The van der Waals surface area contributed by atoms with Crippen LogP contribution in [-0.2, 0) is 7.05 Å². The number of rotatable bonds is 2. The summed E-state index contributed by atoms with van der Waals surface area (Å²) in [7, 11) is 1.55. The summed E-state index contributed by atoms with van der Waals surface area (Å²) < 4.78 is 27.5. The molecule has 2 aromatic rings. The quantitative estimate of drug-likeness (QED) is 0.920. The molecule has 0 radical (unpaired) electrons. The van der Waals surface area contributed by atoms with Crippen LogP contribution in [0.1, 0.15) is 15.4 Å². The maximum atomic E-state index is 13.4. The van der Waals surface area contributed by atoms with Crippen molar-refractivity contribution in [1.29, 1.82) is 0 Å². The highest BCUT2D eigenvalue weighted by atomic mass is 32.1. The predicted molar refractivity (Wildman–Crippen MR) is 68.6 cm³/mol. The molecule has 4 nitrogen and oxygen atoms in total. The zero-order valence-electron chi connectivity index (χ0n) is 10.2. The maximum Gasteiger partial charge on any atom is 0.307 e. The van der Waals surface area contributed by atoms with E-state index in [-0.39, 0.29) is 15.4 Å². The zero-order chi connectivity index (χ0) is 14.2. The Labute approximate surface area is 111 Å². The average Bonchev–Trinajstić information content (AvgIpc) is 2.60. The minimum absolute atomic E-state index is 0.130. The topological polar surface area (TPSA) is 51.1 Å². The van der Waals surface area contributed by atoms with Crippen molar-refractivity contribution in [3.63, 3.8) is 0 Å². The molecule has 0 aliphatic heterocycles. The van der Waals surface area contributed by atoms with Crippen LogP contribution in [0, 0.1) is 18.6 Å². The lowest BCUT2D eigenvalue weighted by molar-refractivity contribution is 0.102. The Morgan fingerprint density at radius 2 is 2.05 bits per heavy atom. The summed E-state index contributed by atoms with van der Waals surface area (Å²) in [5, 5.41) is 2.31. The van der Waals surface area contributed by atoms with Gasteiger partial charge in [-0.15, -0.1) is 0 Å².